The number of rotatable bonds is 4. The van der Waals surface area contributed by atoms with E-state index in [9.17, 15) is 4.79 Å². The van der Waals surface area contributed by atoms with Crippen molar-refractivity contribution in [3.63, 3.8) is 0 Å². The van der Waals surface area contributed by atoms with Crippen molar-refractivity contribution in [1.82, 2.24) is 0 Å². The molecule has 0 aromatic heterocycles. The normalized spacial score (nSPS) is 28.1. The highest BCUT2D eigenvalue weighted by atomic mass is 16.1. The first-order valence-electron chi connectivity index (χ1n) is 5.98. The van der Waals surface area contributed by atoms with Gasteiger partial charge in [0.25, 0.3) is 0 Å². The highest BCUT2D eigenvalue weighted by molar-refractivity contribution is 5.91. The third-order valence-corrected chi connectivity index (χ3v) is 3.28. The van der Waals surface area contributed by atoms with E-state index >= 15 is 0 Å². The van der Waals surface area contributed by atoms with Crippen LogP contribution in [0.3, 0.4) is 0 Å². The molecule has 1 aliphatic carbocycles. The topological polar surface area (TPSA) is 17.1 Å². The molecule has 0 heterocycles. The summed E-state index contributed by atoms with van der Waals surface area (Å²) >= 11 is 0. The molecule has 0 N–H and O–H groups in total. The van der Waals surface area contributed by atoms with E-state index in [2.05, 4.69) is 13.8 Å². The molecule has 1 aliphatic rings. The summed E-state index contributed by atoms with van der Waals surface area (Å²) in [6.07, 6.45) is 10.8. The van der Waals surface area contributed by atoms with Crippen molar-refractivity contribution in [1.29, 1.82) is 0 Å². The second-order valence-corrected chi connectivity index (χ2v) is 4.35. The maximum Gasteiger partial charge on any atom is 0.158 e. The SMILES string of the molecule is CC/C=C/C(=O)C1CCCC(CC)C1. The Labute approximate surface area is 87.6 Å². The fourth-order valence-corrected chi connectivity index (χ4v) is 2.29. The van der Waals surface area contributed by atoms with E-state index < -0.39 is 0 Å². The Morgan fingerprint density at radius 1 is 1.36 bits per heavy atom. The van der Waals surface area contributed by atoms with Crippen LogP contribution in [-0.2, 0) is 4.79 Å². The van der Waals surface area contributed by atoms with Gasteiger partial charge in [0.2, 0.25) is 0 Å². The van der Waals surface area contributed by atoms with E-state index in [4.69, 9.17) is 0 Å². The van der Waals surface area contributed by atoms with Crippen LogP contribution in [0.15, 0.2) is 12.2 Å². The van der Waals surface area contributed by atoms with Crippen LogP contribution in [0.2, 0.25) is 0 Å². The summed E-state index contributed by atoms with van der Waals surface area (Å²) in [5.41, 5.74) is 0. The van der Waals surface area contributed by atoms with Gasteiger partial charge in [-0.2, -0.15) is 0 Å². The van der Waals surface area contributed by atoms with Crippen LogP contribution in [-0.4, -0.2) is 5.78 Å². The van der Waals surface area contributed by atoms with Gasteiger partial charge in [-0.25, -0.2) is 0 Å². The second kappa shape index (κ2) is 6.00. The number of hydrogen-bond acceptors (Lipinski definition) is 1. The molecule has 0 aliphatic heterocycles. The van der Waals surface area contributed by atoms with Gasteiger partial charge in [-0.05, 0) is 31.3 Å². The molecule has 0 aromatic carbocycles. The van der Waals surface area contributed by atoms with Crippen molar-refractivity contribution < 1.29 is 4.79 Å². The van der Waals surface area contributed by atoms with Gasteiger partial charge in [0.05, 0.1) is 0 Å². The molecule has 1 fully saturated rings. The van der Waals surface area contributed by atoms with Crippen molar-refractivity contribution in [2.45, 2.75) is 52.4 Å². The summed E-state index contributed by atoms with van der Waals surface area (Å²) in [5, 5.41) is 0. The zero-order valence-electron chi connectivity index (χ0n) is 9.46. The van der Waals surface area contributed by atoms with Gasteiger partial charge in [0.15, 0.2) is 5.78 Å². The van der Waals surface area contributed by atoms with E-state index in [0.717, 1.165) is 25.2 Å². The van der Waals surface area contributed by atoms with Crippen LogP contribution in [0.25, 0.3) is 0 Å². The minimum atomic E-state index is 0.330. The molecule has 0 aromatic rings. The van der Waals surface area contributed by atoms with Gasteiger partial charge in [-0.1, -0.05) is 39.2 Å². The van der Waals surface area contributed by atoms with Crippen molar-refractivity contribution in [3.8, 4) is 0 Å². The molecule has 80 valence electrons. The van der Waals surface area contributed by atoms with E-state index in [1.165, 1.54) is 19.3 Å². The average Bonchev–Trinajstić information content (AvgIpc) is 2.26. The Morgan fingerprint density at radius 3 is 2.79 bits per heavy atom. The van der Waals surface area contributed by atoms with E-state index in [1.54, 1.807) is 6.08 Å². The maximum absolute atomic E-state index is 11.7. The first kappa shape index (κ1) is 11.5. The molecule has 0 saturated heterocycles. The lowest BCUT2D eigenvalue weighted by molar-refractivity contribution is -0.119. The van der Waals surface area contributed by atoms with Gasteiger partial charge in [-0.3, -0.25) is 4.79 Å². The summed E-state index contributed by atoms with van der Waals surface area (Å²) in [6, 6.07) is 0. The van der Waals surface area contributed by atoms with Gasteiger partial charge in [0.1, 0.15) is 0 Å². The molecule has 1 heteroatoms. The molecule has 2 atom stereocenters. The van der Waals surface area contributed by atoms with Gasteiger partial charge < -0.3 is 0 Å². The van der Waals surface area contributed by atoms with Gasteiger partial charge in [-0.15, -0.1) is 0 Å². The molecule has 1 rings (SSSR count). The summed E-state index contributed by atoms with van der Waals surface area (Å²) in [5.74, 6) is 1.49. The molecular formula is C13H22O. The zero-order chi connectivity index (χ0) is 10.4. The average molecular weight is 194 g/mol. The third-order valence-electron chi connectivity index (χ3n) is 3.28. The van der Waals surface area contributed by atoms with Crippen LogP contribution in [0, 0.1) is 11.8 Å². The second-order valence-electron chi connectivity index (χ2n) is 4.35. The lowest BCUT2D eigenvalue weighted by Crippen LogP contribution is -2.21. The maximum atomic E-state index is 11.7. The van der Waals surface area contributed by atoms with E-state index in [1.807, 2.05) is 6.08 Å². The highest BCUT2D eigenvalue weighted by Crippen LogP contribution is 2.31. The van der Waals surface area contributed by atoms with Crippen LogP contribution in [0.4, 0.5) is 0 Å². The number of ketones is 1. The summed E-state index contributed by atoms with van der Waals surface area (Å²) < 4.78 is 0. The fraction of sp³-hybridized carbons (Fsp3) is 0.769. The monoisotopic (exact) mass is 194 g/mol. The van der Waals surface area contributed by atoms with Gasteiger partial charge >= 0.3 is 0 Å². The predicted octanol–water partition coefficient (Wildman–Crippen LogP) is 3.74. The first-order chi connectivity index (χ1) is 6.77. The Hall–Kier alpha value is -0.590. The van der Waals surface area contributed by atoms with Crippen molar-refractivity contribution in [3.05, 3.63) is 12.2 Å². The Bertz CT molecular complexity index is 205. The number of carbonyl (C=O) groups excluding carboxylic acids is 1. The van der Waals surface area contributed by atoms with Crippen molar-refractivity contribution in [2.24, 2.45) is 11.8 Å². The molecule has 0 radical (unpaired) electrons. The zero-order valence-corrected chi connectivity index (χ0v) is 9.46. The fourth-order valence-electron chi connectivity index (χ4n) is 2.29. The lowest BCUT2D eigenvalue weighted by atomic mass is 9.78. The number of allylic oxidation sites excluding steroid dienone is 2. The summed E-state index contributed by atoms with van der Waals surface area (Å²) in [7, 11) is 0. The minimum Gasteiger partial charge on any atom is -0.295 e. The van der Waals surface area contributed by atoms with Gasteiger partial charge in [0, 0.05) is 5.92 Å². The summed E-state index contributed by atoms with van der Waals surface area (Å²) in [6.45, 7) is 4.30. The smallest absolute Gasteiger partial charge is 0.158 e. The lowest BCUT2D eigenvalue weighted by Gasteiger charge is -2.26. The Morgan fingerprint density at radius 2 is 2.14 bits per heavy atom. The minimum absolute atomic E-state index is 0.330. The summed E-state index contributed by atoms with van der Waals surface area (Å²) in [4.78, 5) is 11.7. The van der Waals surface area contributed by atoms with E-state index in [-0.39, 0.29) is 0 Å². The molecule has 0 amide bonds. The highest BCUT2D eigenvalue weighted by Gasteiger charge is 2.24. The van der Waals surface area contributed by atoms with Crippen molar-refractivity contribution in [2.75, 3.05) is 0 Å². The van der Waals surface area contributed by atoms with Crippen LogP contribution >= 0.6 is 0 Å². The van der Waals surface area contributed by atoms with E-state index in [0.29, 0.717) is 11.7 Å². The largest absolute Gasteiger partial charge is 0.295 e. The van der Waals surface area contributed by atoms with Crippen LogP contribution in [0.5, 0.6) is 0 Å². The molecule has 2 unspecified atom stereocenters. The predicted molar refractivity (Wildman–Crippen MR) is 60.2 cm³/mol. The Kier molecular flexibility index (Phi) is 4.92. The molecule has 1 saturated carbocycles. The quantitative estimate of drug-likeness (QED) is 0.623. The molecule has 0 bridgehead atoms. The van der Waals surface area contributed by atoms with Crippen LogP contribution < -0.4 is 0 Å². The standard InChI is InChI=1S/C13H22O/c1-3-5-9-13(14)12-8-6-7-11(4-2)10-12/h5,9,11-12H,3-4,6-8,10H2,1-2H3/b9-5+. The molecule has 0 spiro atoms. The molecule has 1 nitrogen and oxygen atoms in total. The van der Waals surface area contributed by atoms with Crippen LogP contribution in [0.1, 0.15) is 52.4 Å². The molecular weight excluding hydrogens is 172 g/mol. The molecule has 14 heavy (non-hydrogen) atoms. The number of carbonyl (C=O) groups is 1. The first-order valence-corrected chi connectivity index (χ1v) is 5.98. The third kappa shape index (κ3) is 3.28. The van der Waals surface area contributed by atoms with Crippen molar-refractivity contribution >= 4 is 5.78 Å². The Balaban J connectivity index is 2.43. The number of hydrogen-bond donors (Lipinski definition) is 0.